The quantitative estimate of drug-likeness (QED) is 0.814. The van der Waals surface area contributed by atoms with Crippen LogP contribution in [-0.2, 0) is 11.2 Å². The lowest BCUT2D eigenvalue weighted by atomic mass is 9.99. The first-order valence-corrected chi connectivity index (χ1v) is 9.46. The van der Waals surface area contributed by atoms with Crippen LogP contribution < -0.4 is 10.9 Å². The molecule has 6 heteroatoms. The minimum absolute atomic E-state index is 0.00562. The number of hydrogen-bond donors (Lipinski definition) is 2. The number of hydrogen-bond acceptors (Lipinski definition) is 4. The molecule has 1 aromatic rings. The summed E-state index contributed by atoms with van der Waals surface area (Å²) in [5.41, 5.74) is 2.07. The van der Waals surface area contributed by atoms with Crippen LogP contribution in [0.15, 0.2) is 4.79 Å². The van der Waals surface area contributed by atoms with Crippen molar-refractivity contribution in [2.24, 2.45) is 5.92 Å². The fraction of sp³-hybridized carbons (Fsp3) is 0.650. The molecule has 1 aromatic heterocycles. The van der Waals surface area contributed by atoms with E-state index in [1.54, 1.807) is 6.92 Å². The summed E-state index contributed by atoms with van der Waals surface area (Å²) in [5.74, 6) is 0.734. The number of amides is 1. The predicted octanol–water partition coefficient (Wildman–Crippen LogP) is 2.03. The van der Waals surface area contributed by atoms with Crippen LogP contribution in [0, 0.1) is 31.1 Å². The Bertz CT molecular complexity index is 747. The molecule has 2 unspecified atom stereocenters. The van der Waals surface area contributed by atoms with Gasteiger partial charge in [0, 0.05) is 31.2 Å². The number of piperidine rings is 1. The number of carbonyl (C=O) groups is 1. The maximum Gasteiger partial charge on any atom is 0.266 e. The number of rotatable bonds is 6. The van der Waals surface area contributed by atoms with Gasteiger partial charge < -0.3 is 15.2 Å². The molecule has 0 radical (unpaired) electrons. The second kappa shape index (κ2) is 9.00. The lowest BCUT2D eigenvalue weighted by Crippen LogP contribution is -2.45. The van der Waals surface area contributed by atoms with Gasteiger partial charge in [0.15, 0.2) is 0 Å². The molecular formula is C20H30N4O2. The average molecular weight is 358 g/mol. The third-order valence-corrected chi connectivity index (χ3v) is 5.20. The van der Waals surface area contributed by atoms with Gasteiger partial charge in [0.05, 0.1) is 0 Å². The summed E-state index contributed by atoms with van der Waals surface area (Å²) in [4.78, 5) is 29.2. The molecule has 1 fully saturated rings. The highest BCUT2D eigenvalue weighted by Gasteiger charge is 2.19. The molecule has 2 heterocycles. The van der Waals surface area contributed by atoms with E-state index in [-0.39, 0.29) is 23.1 Å². The summed E-state index contributed by atoms with van der Waals surface area (Å²) in [6, 6.07) is 2.06. The lowest BCUT2D eigenvalue weighted by molar-refractivity contribution is -0.121. The van der Waals surface area contributed by atoms with E-state index in [9.17, 15) is 9.59 Å². The molecule has 2 rings (SSSR count). The van der Waals surface area contributed by atoms with E-state index in [1.165, 1.54) is 12.8 Å². The molecule has 0 spiro atoms. The van der Waals surface area contributed by atoms with Crippen LogP contribution in [0.1, 0.15) is 55.5 Å². The number of likely N-dealkylation sites (tertiary alicyclic amines) is 1. The summed E-state index contributed by atoms with van der Waals surface area (Å²) < 4.78 is 0. The van der Waals surface area contributed by atoms with Gasteiger partial charge in [0.2, 0.25) is 5.91 Å². The number of aromatic amines is 1. The molecule has 0 saturated carbocycles. The Kier molecular flexibility index (Phi) is 6.98. The number of aromatic nitrogens is 1. The highest BCUT2D eigenvalue weighted by molar-refractivity contribution is 5.76. The second-order valence-electron chi connectivity index (χ2n) is 7.65. The Balaban J connectivity index is 1.89. The number of H-pyrrole nitrogens is 1. The average Bonchev–Trinajstić information content (AvgIpc) is 2.54. The summed E-state index contributed by atoms with van der Waals surface area (Å²) in [6.45, 7) is 11.0. The maximum absolute atomic E-state index is 12.3. The molecule has 2 atom stereocenters. The molecule has 1 saturated heterocycles. The zero-order chi connectivity index (χ0) is 19.3. The molecule has 0 aliphatic carbocycles. The van der Waals surface area contributed by atoms with E-state index in [0.717, 1.165) is 36.8 Å². The topological polar surface area (TPSA) is 89.0 Å². The number of nitriles is 1. The number of nitrogens with one attached hydrogen (secondary N) is 2. The van der Waals surface area contributed by atoms with E-state index in [4.69, 9.17) is 5.26 Å². The molecule has 2 N–H and O–H groups in total. The van der Waals surface area contributed by atoms with Crippen molar-refractivity contribution < 1.29 is 4.79 Å². The maximum atomic E-state index is 12.3. The van der Waals surface area contributed by atoms with Crippen molar-refractivity contribution in [1.29, 1.82) is 5.26 Å². The SMILES string of the molecule is Cc1[nH]c(=O)c(C#N)c(C)c1CCC(=O)NC(C)CN1CCCC(C)C1. The molecule has 0 aromatic carbocycles. The van der Waals surface area contributed by atoms with Gasteiger partial charge in [0.25, 0.3) is 5.56 Å². The van der Waals surface area contributed by atoms with Crippen LogP contribution in [0.5, 0.6) is 0 Å². The van der Waals surface area contributed by atoms with Crippen LogP contribution in [-0.4, -0.2) is 41.5 Å². The van der Waals surface area contributed by atoms with E-state index in [2.05, 4.69) is 22.1 Å². The lowest BCUT2D eigenvalue weighted by Gasteiger charge is -2.32. The first-order valence-electron chi connectivity index (χ1n) is 9.46. The zero-order valence-electron chi connectivity index (χ0n) is 16.3. The van der Waals surface area contributed by atoms with Crippen molar-refractivity contribution in [1.82, 2.24) is 15.2 Å². The van der Waals surface area contributed by atoms with Gasteiger partial charge in [0.1, 0.15) is 11.6 Å². The first-order chi connectivity index (χ1) is 12.3. The van der Waals surface area contributed by atoms with Crippen LogP contribution in [0.4, 0.5) is 0 Å². The van der Waals surface area contributed by atoms with Crippen molar-refractivity contribution in [3.63, 3.8) is 0 Å². The third kappa shape index (κ3) is 5.18. The van der Waals surface area contributed by atoms with Gasteiger partial charge >= 0.3 is 0 Å². The monoisotopic (exact) mass is 358 g/mol. The standard InChI is InChI=1S/C20H30N4O2/c1-13-6-5-9-24(11-13)12-14(2)22-19(25)8-7-17-15(3)18(10-21)20(26)23-16(17)4/h13-14H,5-9,11-12H2,1-4H3,(H,22,25)(H,23,26). The zero-order valence-corrected chi connectivity index (χ0v) is 16.3. The fourth-order valence-electron chi connectivity index (χ4n) is 3.89. The number of aryl methyl sites for hydroxylation is 1. The first kappa shape index (κ1) is 20.2. The van der Waals surface area contributed by atoms with Crippen molar-refractivity contribution in [3.8, 4) is 6.07 Å². The summed E-state index contributed by atoms with van der Waals surface area (Å²) in [7, 11) is 0. The molecular weight excluding hydrogens is 328 g/mol. The molecule has 1 amide bonds. The summed E-state index contributed by atoms with van der Waals surface area (Å²) in [6.07, 6.45) is 3.38. The van der Waals surface area contributed by atoms with Crippen molar-refractivity contribution in [3.05, 3.63) is 32.7 Å². The number of carbonyl (C=O) groups excluding carboxylic acids is 1. The van der Waals surface area contributed by atoms with Crippen molar-refractivity contribution in [2.45, 2.75) is 59.4 Å². The largest absolute Gasteiger partial charge is 0.352 e. The van der Waals surface area contributed by atoms with E-state index >= 15 is 0 Å². The second-order valence-corrected chi connectivity index (χ2v) is 7.65. The highest BCUT2D eigenvalue weighted by atomic mass is 16.1. The Morgan fingerprint density at radius 1 is 1.46 bits per heavy atom. The molecule has 1 aliphatic heterocycles. The predicted molar refractivity (Wildman–Crippen MR) is 102 cm³/mol. The van der Waals surface area contributed by atoms with Gasteiger partial charge in [-0.1, -0.05) is 6.92 Å². The fourth-order valence-corrected chi connectivity index (χ4v) is 3.89. The smallest absolute Gasteiger partial charge is 0.266 e. The summed E-state index contributed by atoms with van der Waals surface area (Å²) in [5, 5.41) is 12.2. The minimum atomic E-state index is -0.361. The van der Waals surface area contributed by atoms with Crippen molar-refractivity contribution >= 4 is 5.91 Å². The number of pyridine rings is 1. The normalized spacial score (nSPS) is 19.0. The van der Waals surface area contributed by atoms with E-state index < -0.39 is 0 Å². The molecule has 6 nitrogen and oxygen atoms in total. The van der Waals surface area contributed by atoms with Gasteiger partial charge in [-0.2, -0.15) is 5.26 Å². The van der Waals surface area contributed by atoms with Gasteiger partial charge in [-0.25, -0.2) is 0 Å². The van der Waals surface area contributed by atoms with Crippen LogP contribution >= 0.6 is 0 Å². The molecule has 26 heavy (non-hydrogen) atoms. The Hall–Kier alpha value is -2.13. The molecule has 0 bridgehead atoms. The van der Waals surface area contributed by atoms with Crippen molar-refractivity contribution in [2.75, 3.05) is 19.6 Å². The molecule has 1 aliphatic rings. The van der Waals surface area contributed by atoms with E-state index in [0.29, 0.717) is 18.4 Å². The third-order valence-electron chi connectivity index (χ3n) is 5.20. The summed E-state index contributed by atoms with van der Waals surface area (Å²) >= 11 is 0. The van der Waals surface area contributed by atoms with Gasteiger partial charge in [-0.05, 0) is 63.6 Å². The number of nitrogens with zero attached hydrogens (tertiary/aromatic N) is 2. The highest BCUT2D eigenvalue weighted by Crippen LogP contribution is 2.16. The molecule has 142 valence electrons. The van der Waals surface area contributed by atoms with E-state index in [1.807, 2.05) is 19.9 Å². The Labute approximate surface area is 155 Å². The Morgan fingerprint density at radius 2 is 2.19 bits per heavy atom. The Morgan fingerprint density at radius 3 is 2.85 bits per heavy atom. The van der Waals surface area contributed by atoms with Gasteiger partial charge in [-0.3, -0.25) is 9.59 Å². The van der Waals surface area contributed by atoms with Crippen LogP contribution in [0.3, 0.4) is 0 Å². The minimum Gasteiger partial charge on any atom is -0.352 e. The van der Waals surface area contributed by atoms with Crippen LogP contribution in [0.2, 0.25) is 0 Å². The van der Waals surface area contributed by atoms with Crippen LogP contribution in [0.25, 0.3) is 0 Å². The van der Waals surface area contributed by atoms with Gasteiger partial charge in [-0.15, -0.1) is 0 Å².